The molecule has 1 atom stereocenters. The summed E-state index contributed by atoms with van der Waals surface area (Å²) in [5.41, 5.74) is 6.57. The molecular weight excluding hydrogens is 346 g/mol. The zero-order valence-electron chi connectivity index (χ0n) is 13.8. The summed E-state index contributed by atoms with van der Waals surface area (Å²) >= 11 is 0. The number of carbonyl (C=O) groups excluding carboxylic acids is 1. The van der Waals surface area contributed by atoms with E-state index in [0.29, 0.717) is 31.0 Å². The molecule has 1 unspecified atom stereocenters. The summed E-state index contributed by atoms with van der Waals surface area (Å²) < 4.78 is 1.47. The van der Waals surface area contributed by atoms with Crippen LogP contribution >= 0.6 is 12.4 Å². The predicted octanol–water partition coefficient (Wildman–Crippen LogP) is 2.01. The topological polar surface area (TPSA) is 107 Å². The third kappa shape index (κ3) is 3.80. The molecule has 134 valence electrons. The second kappa shape index (κ2) is 7.20. The lowest BCUT2D eigenvalue weighted by molar-refractivity contribution is -0.384. The Kier molecular flexibility index (Phi) is 5.44. The standard InChI is InChI=1S/C16H19N5O3.ClH/c1-16(10-17)6-8-19(11-16)15(22)14-5-7-20(18-14)12-3-2-4-13(9-12)21(23)24;/h2-5,7,9H,6,8,10-11,17H2,1H3;1H. The first-order valence-electron chi connectivity index (χ1n) is 7.72. The fourth-order valence-corrected chi connectivity index (χ4v) is 2.86. The average Bonchev–Trinajstić information content (AvgIpc) is 3.22. The number of hydrogen-bond acceptors (Lipinski definition) is 5. The molecule has 1 aliphatic heterocycles. The maximum absolute atomic E-state index is 12.6. The lowest BCUT2D eigenvalue weighted by atomic mass is 9.90. The Morgan fingerprint density at radius 3 is 2.84 bits per heavy atom. The van der Waals surface area contributed by atoms with E-state index in [-0.39, 0.29) is 29.4 Å². The highest BCUT2D eigenvalue weighted by atomic mass is 35.5. The molecule has 9 heteroatoms. The van der Waals surface area contributed by atoms with Gasteiger partial charge in [-0.25, -0.2) is 4.68 Å². The van der Waals surface area contributed by atoms with Gasteiger partial charge in [0.1, 0.15) is 0 Å². The SMILES string of the molecule is CC1(CN)CCN(C(=O)c2ccn(-c3cccc([N+](=O)[O-])c3)n2)C1.Cl. The van der Waals surface area contributed by atoms with Crippen molar-refractivity contribution in [2.75, 3.05) is 19.6 Å². The van der Waals surface area contributed by atoms with Gasteiger partial charge in [-0.3, -0.25) is 14.9 Å². The van der Waals surface area contributed by atoms with Gasteiger partial charge in [-0.15, -0.1) is 12.4 Å². The molecular formula is C16H20ClN5O3. The fraction of sp³-hybridized carbons (Fsp3) is 0.375. The highest BCUT2D eigenvalue weighted by Crippen LogP contribution is 2.29. The first-order valence-corrected chi connectivity index (χ1v) is 7.72. The molecule has 1 saturated heterocycles. The van der Waals surface area contributed by atoms with E-state index in [9.17, 15) is 14.9 Å². The number of hydrogen-bond donors (Lipinski definition) is 1. The van der Waals surface area contributed by atoms with Crippen molar-refractivity contribution >= 4 is 24.0 Å². The van der Waals surface area contributed by atoms with Crippen LogP contribution in [0, 0.1) is 15.5 Å². The zero-order valence-corrected chi connectivity index (χ0v) is 14.6. The van der Waals surface area contributed by atoms with Gasteiger partial charge in [0.2, 0.25) is 0 Å². The van der Waals surface area contributed by atoms with Gasteiger partial charge < -0.3 is 10.6 Å². The average molecular weight is 366 g/mol. The summed E-state index contributed by atoms with van der Waals surface area (Å²) in [6.45, 7) is 3.89. The minimum Gasteiger partial charge on any atom is -0.337 e. The highest BCUT2D eigenvalue weighted by Gasteiger charge is 2.35. The number of halogens is 1. The molecule has 8 nitrogen and oxygen atoms in total. The lowest BCUT2D eigenvalue weighted by Crippen LogP contribution is -2.34. The van der Waals surface area contributed by atoms with Crippen molar-refractivity contribution in [1.29, 1.82) is 0 Å². The van der Waals surface area contributed by atoms with E-state index in [4.69, 9.17) is 5.73 Å². The number of nitro benzene ring substituents is 1. The van der Waals surface area contributed by atoms with Crippen LogP contribution in [0.4, 0.5) is 5.69 Å². The molecule has 2 heterocycles. The summed E-state index contributed by atoms with van der Waals surface area (Å²) in [6, 6.07) is 7.75. The van der Waals surface area contributed by atoms with E-state index in [2.05, 4.69) is 12.0 Å². The van der Waals surface area contributed by atoms with Crippen molar-refractivity contribution < 1.29 is 9.72 Å². The number of nitrogens with two attached hydrogens (primary N) is 1. The van der Waals surface area contributed by atoms with Crippen LogP contribution in [0.15, 0.2) is 36.5 Å². The first kappa shape index (κ1) is 18.9. The predicted molar refractivity (Wildman–Crippen MR) is 95.1 cm³/mol. The normalized spacial score (nSPS) is 19.5. The largest absolute Gasteiger partial charge is 0.337 e. The Hall–Kier alpha value is -2.45. The number of amides is 1. The van der Waals surface area contributed by atoms with Gasteiger partial charge in [-0.2, -0.15) is 5.10 Å². The van der Waals surface area contributed by atoms with Gasteiger partial charge in [0.05, 0.1) is 10.6 Å². The van der Waals surface area contributed by atoms with Crippen LogP contribution in [0.25, 0.3) is 5.69 Å². The van der Waals surface area contributed by atoms with Gasteiger partial charge in [0.25, 0.3) is 11.6 Å². The fourth-order valence-electron chi connectivity index (χ4n) is 2.86. The smallest absolute Gasteiger partial charge is 0.274 e. The number of rotatable bonds is 4. The second-order valence-corrected chi connectivity index (χ2v) is 6.41. The van der Waals surface area contributed by atoms with E-state index in [1.54, 1.807) is 29.3 Å². The summed E-state index contributed by atoms with van der Waals surface area (Å²) in [4.78, 5) is 24.7. The van der Waals surface area contributed by atoms with Crippen molar-refractivity contribution in [1.82, 2.24) is 14.7 Å². The van der Waals surface area contributed by atoms with E-state index in [0.717, 1.165) is 6.42 Å². The summed E-state index contributed by atoms with van der Waals surface area (Å²) in [5, 5.41) is 15.1. The van der Waals surface area contributed by atoms with E-state index in [1.165, 1.54) is 16.8 Å². The number of nitrogens with zero attached hydrogens (tertiary/aromatic N) is 4. The summed E-state index contributed by atoms with van der Waals surface area (Å²) in [7, 11) is 0. The Morgan fingerprint density at radius 1 is 1.44 bits per heavy atom. The van der Waals surface area contributed by atoms with Crippen molar-refractivity contribution in [3.63, 3.8) is 0 Å². The molecule has 1 fully saturated rings. The van der Waals surface area contributed by atoms with Gasteiger partial charge in [0.15, 0.2) is 5.69 Å². The molecule has 1 aromatic heterocycles. The minimum atomic E-state index is -0.461. The molecule has 1 amide bonds. The van der Waals surface area contributed by atoms with Crippen LogP contribution in [0.2, 0.25) is 0 Å². The van der Waals surface area contributed by atoms with Gasteiger partial charge in [0, 0.05) is 31.4 Å². The Bertz CT molecular complexity index is 794. The number of aromatic nitrogens is 2. The monoisotopic (exact) mass is 365 g/mol. The molecule has 25 heavy (non-hydrogen) atoms. The molecule has 2 aromatic rings. The van der Waals surface area contributed by atoms with Gasteiger partial charge >= 0.3 is 0 Å². The third-order valence-electron chi connectivity index (χ3n) is 4.45. The van der Waals surface area contributed by atoms with Crippen LogP contribution in [-0.2, 0) is 0 Å². The van der Waals surface area contributed by atoms with E-state index < -0.39 is 4.92 Å². The maximum atomic E-state index is 12.6. The summed E-state index contributed by atoms with van der Waals surface area (Å²) in [5.74, 6) is -0.142. The molecule has 0 bridgehead atoms. The lowest BCUT2D eigenvalue weighted by Gasteiger charge is -2.22. The molecule has 3 rings (SSSR count). The molecule has 0 spiro atoms. The van der Waals surface area contributed by atoms with Crippen molar-refractivity contribution in [3.8, 4) is 5.69 Å². The highest BCUT2D eigenvalue weighted by molar-refractivity contribution is 5.92. The first-order chi connectivity index (χ1) is 11.4. The Balaban J connectivity index is 0.00000225. The van der Waals surface area contributed by atoms with Gasteiger partial charge in [-0.1, -0.05) is 13.0 Å². The number of likely N-dealkylation sites (tertiary alicyclic amines) is 1. The molecule has 1 aromatic carbocycles. The number of carbonyl (C=O) groups is 1. The van der Waals surface area contributed by atoms with Crippen LogP contribution in [0.5, 0.6) is 0 Å². The van der Waals surface area contributed by atoms with E-state index >= 15 is 0 Å². The van der Waals surface area contributed by atoms with Crippen LogP contribution in [0.1, 0.15) is 23.8 Å². The third-order valence-corrected chi connectivity index (χ3v) is 4.45. The second-order valence-electron chi connectivity index (χ2n) is 6.41. The van der Waals surface area contributed by atoms with Crippen molar-refractivity contribution in [3.05, 3.63) is 52.3 Å². The molecule has 2 N–H and O–H groups in total. The molecule has 1 aliphatic rings. The minimum absolute atomic E-state index is 0. The number of nitro groups is 1. The maximum Gasteiger partial charge on any atom is 0.274 e. The quantitative estimate of drug-likeness (QED) is 0.658. The Labute approximate surface area is 151 Å². The van der Waals surface area contributed by atoms with Crippen molar-refractivity contribution in [2.24, 2.45) is 11.1 Å². The Morgan fingerprint density at radius 2 is 2.20 bits per heavy atom. The number of benzene rings is 1. The van der Waals surface area contributed by atoms with Crippen LogP contribution in [-0.4, -0.2) is 45.1 Å². The number of non-ortho nitro benzene ring substituents is 1. The van der Waals surface area contributed by atoms with E-state index in [1.807, 2.05) is 0 Å². The zero-order chi connectivity index (χ0) is 17.3. The van der Waals surface area contributed by atoms with Gasteiger partial charge in [-0.05, 0) is 30.5 Å². The molecule has 0 aliphatic carbocycles. The van der Waals surface area contributed by atoms with Crippen molar-refractivity contribution in [2.45, 2.75) is 13.3 Å². The molecule has 0 saturated carbocycles. The molecule has 0 radical (unpaired) electrons. The van der Waals surface area contributed by atoms with Crippen LogP contribution in [0.3, 0.4) is 0 Å². The van der Waals surface area contributed by atoms with Crippen LogP contribution < -0.4 is 5.73 Å². The summed E-state index contributed by atoms with van der Waals surface area (Å²) in [6.07, 6.45) is 2.51.